The molecule has 1 fully saturated rings. The Labute approximate surface area is 161 Å². The van der Waals surface area contributed by atoms with Crippen LogP contribution in [0.15, 0.2) is 44.8 Å². The lowest BCUT2D eigenvalue weighted by atomic mass is 10.2. The summed E-state index contributed by atoms with van der Waals surface area (Å²) in [7, 11) is 0. The van der Waals surface area contributed by atoms with Gasteiger partial charge in [-0.1, -0.05) is 11.2 Å². The standard InChI is InChI=1S/C19H22N4O3S/c24-17(7-8-18-21-19(22-26-18)15-5-3-11-25-15)20-13-14(16-6-4-12-27-16)23-9-1-2-10-23/h3-6,11-12,14H,1-2,7-10,13H2,(H,20,24). The minimum Gasteiger partial charge on any atom is -0.461 e. The minimum atomic E-state index is -0.00602. The molecule has 1 atom stereocenters. The highest BCUT2D eigenvalue weighted by atomic mass is 32.1. The van der Waals surface area contributed by atoms with E-state index >= 15 is 0 Å². The summed E-state index contributed by atoms with van der Waals surface area (Å²) in [4.78, 5) is 20.3. The highest BCUT2D eigenvalue weighted by Gasteiger charge is 2.24. The number of carbonyl (C=O) groups is 1. The highest BCUT2D eigenvalue weighted by molar-refractivity contribution is 7.10. The van der Waals surface area contributed by atoms with Crippen molar-refractivity contribution in [2.75, 3.05) is 19.6 Å². The van der Waals surface area contributed by atoms with Crippen molar-refractivity contribution in [1.29, 1.82) is 0 Å². The van der Waals surface area contributed by atoms with Crippen LogP contribution in [0.25, 0.3) is 11.6 Å². The number of rotatable bonds is 8. The van der Waals surface area contributed by atoms with Crippen LogP contribution in [0.5, 0.6) is 0 Å². The van der Waals surface area contributed by atoms with Gasteiger partial charge in [-0.15, -0.1) is 11.3 Å². The van der Waals surface area contributed by atoms with Gasteiger partial charge in [0.2, 0.25) is 17.6 Å². The molecule has 0 radical (unpaired) electrons. The summed E-state index contributed by atoms with van der Waals surface area (Å²) in [6.45, 7) is 2.81. The molecule has 27 heavy (non-hydrogen) atoms. The van der Waals surface area contributed by atoms with E-state index in [9.17, 15) is 4.79 Å². The number of amides is 1. The van der Waals surface area contributed by atoms with Gasteiger partial charge < -0.3 is 14.3 Å². The van der Waals surface area contributed by atoms with Crippen molar-refractivity contribution in [3.05, 3.63) is 46.7 Å². The van der Waals surface area contributed by atoms with E-state index in [-0.39, 0.29) is 11.9 Å². The summed E-state index contributed by atoms with van der Waals surface area (Å²) in [6, 6.07) is 8.00. The van der Waals surface area contributed by atoms with E-state index in [1.807, 2.05) is 0 Å². The number of thiophene rings is 1. The molecule has 3 aromatic heterocycles. The van der Waals surface area contributed by atoms with Crippen LogP contribution in [-0.4, -0.2) is 40.6 Å². The molecule has 1 saturated heterocycles. The Kier molecular flexibility index (Phi) is 5.64. The van der Waals surface area contributed by atoms with Crippen LogP contribution in [0, 0.1) is 0 Å². The lowest BCUT2D eigenvalue weighted by Crippen LogP contribution is -2.36. The zero-order valence-electron chi connectivity index (χ0n) is 15.0. The number of aromatic nitrogens is 2. The number of hydrogen-bond donors (Lipinski definition) is 1. The van der Waals surface area contributed by atoms with E-state index < -0.39 is 0 Å². The molecule has 142 valence electrons. The average Bonchev–Trinajstić information content (AvgIpc) is 3.49. The first-order valence-electron chi connectivity index (χ1n) is 9.20. The van der Waals surface area contributed by atoms with E-state index in [2.05, 4.69) is 37.9 Å². The van der Waals surface area contributed by atoms with Crippen LogP contribution in [-0.2, 0) is 11.2 Å². The Morgan fingerprint density at radius 3 is 2.93 bits per heavy atom. The zero-order valence-corrected chi connectivity index (χ0v) is 15.8. The van der Waals surface area contributed by atoms with Crippen LogP contribution in [0.2, 0.25) is 0 Å². The molecular formula is C19H22N4O3S. The first-order chi connectivity index (χ1) is 13.3. The number of aryl methyl sites for hydroxylation is 1. The molecule has 0 spiro atoms. The van der Waals surface area contributed by atoms with E-state index in [4.69, 9.17) is 8.94 Å². The van der Waals surface area contributed by atoms with Crippen molar-refractivity contribution in [3.63, 3.8) is 0 Å². The summed E-state index contributed by atoms with van der Waals surface area (Å²) in [5.41, 5.74) is 0. The molecule has 1 N–H and O–H groups in total. The smallest absolute Gasteiger partial charge is 0.238 e. The minimum absolute atomic E-state index is 0.00602. The monoisotopic (exact) mass is 386 g/mol. The van der Waals surface area contributed by atoms with Crippen molar-refractivity contribution in [1.82, 2.24) is 20.4 Å². The predicted molar refractivity (Wildman–Crippen MR) is 101 cm³/mol. The number of nitrogens with zero attached hydrogens (tertiary/aromatic N) is 3. The second-order valence-electron chi connectivity index (χ2n) is 6.57. The van der Waals surface area contributed by atoms with Crippen molar-refractivity contribution in [2.24, 2.45) is 0 Å². The number of furan rings is 1. The van der Waals surface area contributed by atoms with E-state index in [0.29, 0.717) is 36.9 Å². The van der Waals surface area contributed by atoms with Crippen LogP contribution in [0.3, 0.4) is 0 Å². The first-order valence-corrected chi connectivity index (χ1v) is 10.1. The summed E-state index contributed by atoms with van der Waals surface area (Å²) in [5.74, 6) is 1.39. The van der Waals surface area contributed by atoms with Crippen LogP contribution in [0.4, 0.5) is 0 Å². The molecule has 1 unspecified atom stereocenters. The number of hydrogen-bond acceptors (Lipinski definition) is 7. The van der Waals surface area contributed by atoms with Gasteiger partial charge in [0, 0.05) is 24.3 Å². The van der Waals surface area contributed by atoms with Crippen molar-refractivity contribution >= 4 is 17.2 Å². The topological polar surface area (TPSA) is 84.4 Å². The molecule has 0 aliphatic carbocycles. The quantitative estimate of drug-likeness (QED) is 0.640. The molecule has 8 heteroatoms. The second-order valence-corrected chi connectivity index (χ2v) is 7.55. The van der Waals surface area contributed by atoms with Gasteiger partial charge in [0.1, 0.15) is 0 Å². The Balaban J connectivity index is 1.28. The Morgan fingerprint density at radius 1 is 1.30 bits per heavy atom. The van der Waals surface area contributed by atoms with Crippen LogP contribution < -0.4 is 5.32 Å². The highest BCUT2D eigenvalue weighted by Crippen LogP contribution is 2.27. The maximum Gasteiger partial charge on any atom is 0.238 e. The molecule has 0 saturated carbocycles. The van der Waals surface area contributed by atoms with Crippen molar-refractivity contribution in [2.45, 2.75) is 31.7 Å². The lowest BCUT2D eigenvalue weighted by Gasteiger charge is -2.26. The van der Waals surface area contributed by atoms with Gasteiger partial charge in [0.25, 0.3) is 0 Å². The zero-order chi connectivity index (χ0) is 18.5. The molecule has 0 bridgehead atoms. The van der Waals surface area contributed by atoms with Gasteiger partial charge in [0.15, 0.2) is 5.76 Å². The van der Waals surface area contributed by atoms with Crippen LogP contribution >= 0.6 is 11.3 Å². The number of carbonyl (C=O) groups excluding carboxylic acids is 1. The third-order valence-corrected chi connectivity index (χ3v) is 5.69. The van der Waals surface area contributed by atoms with Crippen LogP contribution in [0.1, 0.15) is 36.1 Å². The summed E-state index contributed by atoms with van der Waals surface area (Å²) in [6.07, 6.45) is 4.74. The SMILES string of the molecule is O=C(CCc1nc(-c2ccco2)no1)NCC(c1cccs1)N1CCCC1. The Hall–Kier alpha value is -2.45. The molecule has 3 aromatic rings. The van der Waals surface area contributed by atoms with Gasteiger partial charge in [-0.2, -0.15) is 4.98 Å². The lowest BCUT2D eigenvalue weighted by molar-refractivity contribution is -0.121. The Bertz CT molecular complexity index is 838. The molecule has 1 aliphatic heterocycles. The van der Waals surface area contributed by atoms with E-state index in [1.165, 1.54) is 17.7 Å². The third kappa shape index (κ3) is 4.45. The van der Waals surface area contributed by atoms with Gasteiger partial charge in [-0.05, 0) is 49.5 Å². The van der Waals surface area contributed by atoms with E-state index in [1.54, 1.807) is 29.7 Å². The molecule has 1 amide bonds. The summed E-state index contributed by atoms with van der Waals surface area (Å²) in [5, 5.41) is 9.04. The molecular weight excluding hydrogens is 364 g/mol. The van der Waals surface area contributed by atoms with Gasteiger partial charge in [-0.3, -0.25) is 9.69 Å². The third-order valence-electron chi connectivity index (χ3n) is 4.72. The fraction of sp³-hybridized carbons (Fsp3) is 0.421. The average molecular weight is 386 g/mol. The summed E-state index contributed by atoms with van der Waals surface area (Å²) < 4.78 is 10.4. The number of likely N-dealkylation sites (tertiary alicyclic amines) is 1. The second kappa shape index (κ2) is 8.49. The van der Waals surface area contributed by atoms with Gasteiger partial charge in [0.05, 0.1) is 12.3 Å². The fourth-order valence-corrected chi connectivity index (χ4v) is 4.19. The maximum atomic E-state index is 12.3. The van der Waals surface area contributed by atoms with Crippen molar-refractivity contribution < 1.29 is 13.7 Å². The Morgan fingerprint density at radius 2 is 2.19 bits per heavy atom. The van der Waals surface area contributed by atoms with Gasteiger partial charge >= 0.3 is 0 Å². The molecule has 4 rings (SSSR count). The van der Waals surface area contributed by atoms with Gasteiger partial charge in [-0.25, -0.2) is 0 Å². The summed E-state index contributed by atoms with van der Waals surface area (Å²) >= 11 is 1.75. The largest absolute Gasteiger partial charge is 0.461 e. The molecule has 7 nitrogen and oxygen atoms in total. The number of nitrogens with one attached hydrogen (secondary N) is 1. The molecule has 4 heterocycles. The first kappa shape index (κ1) is 17.9. The normalized spacial score (nSPS) is 15.9. The fourth-order valence-electron chi connectivity index (χ4n) is 3.33. The molecule has 0 aromatic carbocycles. The maximum absolute atomic E-state index is 12.3. The molecule has 1 aliphatic rings. The van der Waals surface area contributed by atoms with E-state index in [0.717, 1.165) is 13.1 Å². The van der Waals surface area contributed by atoms with Crippen molar-refractivity contribution in [3.8, 4) is 11.6 Å². The predicted octanol–water partition coefficient (Wildman–Crippen LogP) is 3.28.